The second-order valence-corrected chi connectivity index (χ2v) is 6.94. The Morgan fingerprint density at radius 1 is 0.900 bits per heavy atom. The molecule has 3 aromatic rings. The van der Waals surface area contributed by atoms with Crippen molar-refractivity contribution < 1.29 is 14.3 Å². The van der Waals surface area contributed by atoms with Gasteiger partial charge in [0, 0.05) is 5.69 Å². The fourth-order valence-electron chi connectivity index (χ4n) is 2.70. The van der Waals surface area contributed by atoms with Crippen LogP contribution in [0.15, 0.2) is 91.0 Å². The first kappa shape index (κ1) is 21.0. The van der Waals surface area contributed by atoms with Crippen LogP contribution < -0.4 is 20.1 Å². The maximum atomic E-state index is 12.3. The zero-order valence-corrected chi connectivity index (χ0v) is 17.1. The van der Waals surface area contributed by atoms with Crippen LogP contribution in [0.3, 0.4) is 0 Å². The SMILES string of the molecule is C=C(C)COc1ccc(NC(=O)CNc2ccccc2OCc2ccccc2)cc1. The molecule has 0 radical (unpaired) electrons. The Labute approximate surface area is 177 Å². The van der Waals surface area contributed by atoms with Crippen molar-refractivity contribution >= 4 is 17.3 Å². The van der Waals surface area contributed by atoms with E-state index in [9.17, 15) is 4.79 Å². The maximum Gasteiger partial charge on any atom is 0.243 e. The highest BCUT2D eigenvalue weighted by Gasteiger charge is 2.07. The van der Waals surface area contributed by atoms with Gasteiger partial charge in [-0.2, -0.15) is 0 Å². The normalized spacial score (nSPS) is 10.2. The van der Waals surface area contributed by atoms with Crippen LogP contribution in [0.1, 0.15) is 12.5 Å². The summed E-state index contributed by atoms with van der Waals surface area (Å²) in [5, 5.41) is 6.01. The Balaban J connectivity index is 1.50. The monoisotopic (exact) mass is 402 g/mol. The topological polar surface area (TPSA) is 59.6 Å². The Morgan fingerprint density at radius 3 is 2.33 bits per heavy atom. The fourth-order valence-corrected chi connectivity index (χ4v) is 2.70. The van der Waals surface area contributed by atoms with Crippen LogP contribution in [0.4, 0.5) is 11.4 Å². The summed E-state index contributed by atoms with van der Waals surface area (Å²) in [5.74, 6) is 1.29. The molecule has 3 aromatic carbocycles. The summed E-state index contributed by atoms with van der Waals surface area (Å²) in [7, 11) is 0. The van der Waals surface area contributed by atoms with Gasteiger partial charge in [-0.25, -0.2) is 0 Å². The summed E-state index contributed by atoms with van der Waals surface area (Å²) >= 11 is 0. The second kappa shape index (κ2) is 10.7. The van der Waals surface area contributed by atoms with E-state index in [1.54, 1.807) is 0 Å². The molecule has 0 aliphatic carbocycles. The van der Waals surface area contributed by atoms with E-state index in [1.807, 2.05) is 85.8 Å². The minimum absolute atomic E-state index is 0.125. The Bertz CT molecular complexity index is 969. The van der Waals surface area contributed by atoms with Gasteiger partial charge >= 0.3 is 0 Å². The molecule has 0 aliphatic rings. The summed E-state index contributed by atoms with van der Waals surface area (Å²) < 4.78 is 11.5. The van der Waals surface area contributed by atoms with Gasteiger partial charge in [-0.05, 0) is 54.5 Å². The van der Waals surface area contributed by atoms with Gasteiger partial charge in [0.2, 0.25) is 5.91 Å². The summed E-state index contributed by atoms with van der Waals surface area (Å²) in [6.45, 7) is 6.78. The molecular formula is C25H26N2O3. The van der Waals surface area contributed by atoms with Crippen LogP contribution in [0.25, 0.3) is 0 Å². The molecule has 0 spiro atoms. The van der Waals surface area contributed by atoms with Crippen molar-refractivity contribution in [3.05, 3.63) is 96.6 Å². The van der Waals surface area contributed by atoms with Crippen LogP contribution in [0.2, 0.25) is 0 Å². The minimum atomic E-state index is -0.150. The number of hydrogen-bond acceptors (Lipinski definition) is 4. The highest BCUT2D eigenvalue weighted by Crippen LogP contribution is 2.24. The van der Waals surface area contributed by atoms with E-state index in [2.05, 4.69) is 17.2 Å². The van der Waals surface area contributed by atoms with E-state index in [4.69, 9.17) is 9.47 Å². The average molecular weight is 402 g/mol. The molecule has 2 N–H and O–H groups in total. The molecule has 0 aliphatic heterocycles. The number of benzene rings is 3. The van der Waals surface area contributed by atoms with Crippen molar-refractivity contribution in [3.63, 3.8) is 0 Å². The third-order valence-electron chi connectivity index (χ3n) is 4.19. The predicted molar refractivity (Wildman–Crippen MR) is 121 cm³/mol. The third-order valence-corrected chi connectivity index (χ3v) is 4.19. The maximum absolute atomic E-state index is 12.3. The van der Waals surface area contributed by atoms with Crippen LogP contribution in [-0.4, -0.2) is 19.1 Å². The third kappa shape index (κ3) is 6.71. The zero-order valence-electron chi connectivity index (χ0n) is 17.1. The minimum Gasteiger partial charge on any atom is -0.489 e. The lowest BCUT2D eigenvalue weighted by atomic mass is 10.2. The summed E-state index contributed by atoms with van der Waals surface area (Å²) in [5.41, 5.74) is 3.51. The number of ether oxygens (including phenoxy) is 2. The molecule has 30 heavy (non-hydrogen) atoms. The lowest BCUT2D eigenvalue weighted by molar-refractivity contribution is -0.114. The number of carbonyl (C=O) groups excluding carboxylic acids is 1. The number of para-hydroxylation sites is 2. The number of rotatable bonds is 10. The second-order valence-electron chi connectivity index (χ2n) is 6.94. The van der Waals surface area contributed by atoms with Gasteiger partial charge in [0.05, 0.1) is 12.2 Å². The van der Waals surface area contributed by atoms with Crippen LogP contribution in [0.5, 0.6) is 11.5 Å². The number of hydrogen-bond donors (Lipinski definition) is 2. The van der Waals surface area contributed by atoms with Crippen molar-refractivity contribution in [2.75, 3.05) is 23.8 Å². The zero-order chi connectivity index (χ0) is 21.2. The number of carbonyl (C=O) groups is 1. The van der Waals surface area contributed by atoms with Crippen LogP contribution >= 0.6 is 0 Å². The predicted octanol–water partition coefficient (Wildman–Crippen LogP) is 5.27. The van der Waals surface area contributed by atoms with E-state index in [0.717, 1.165) is 22.6 Å². The smallest absolute Gasteiger partial charge is 0.243 e. The summed E-state index contributed by atoms with van der Waals surface area (Å²) in [4.78, 5) is 12.3. The lowest BCUT2D eigenvalue weighted by Crippen LogP contribution is -2.22. The van der Waals surface area contributed by atoms with Gasteiger partial charge in [-0.3, -0.25) is 4.79 Å². The highest BCUT2D eigenvalue weighted by atomic mass is 16.5. The molecule has 0 saturated heterocycles. The Morgan fingerprint density at radius 2 is 1.60 bits per heavy atom. The van der Waals surface area contributed by atoms with E-state index >= 15 is 0 Å². The first-order chi connectivity index (χ1) is 14.6. The van der Waals surface area contributed by atoms with E-state index < -0.39 is 0 Å². The number of nitrogens with one attached hydrogen (secondary N) is 2. The highest BCUT2D eigenvalue weighted by molar-refractivity contribution is 5.94. The fraction of sp³-hybridized carbons (Fsp3) is 0.160. The van der Waals surface area contributed by atoms with Crippen LogP contribution in [0, 0.1) is 0 Å². The molecule has 0 unspecified atom stereocenters. The summed E-state index contributed by atoms with van der Waals surface area (Å²) in [6.07, 6.45) is 0. The van der Waals surface area contributed by atoms with Crippen molar-refractivity contribution in [2.24, 2.45) is 0 Å². The quantitative estimate of drug-likeness (QED) is 0.454. The Hall–Kier alpha value is -3.73. The molecular weight excluding hydrogens is 376 g/mol. The molecule has 0 saturated carbocycles. The molecule has 154 valence electrons. The lowest BCUT2D eigenvalue weighted by Gasteiger charge is -2.13. The molecule has 5 heteroatoms. The first-order valence-electron chi connectivity index (χ1n) is 9.77. The van der Waals surface area contributed by atoms with Crippen molar-refractivity contribution in [1.82, 2.24) is 0 Å². The van der Waals surface area contributed by atoms with Crippen molar-refractivity contribution in [3.8, 4) is 11.5 Å². The van der Waals surface area contributed by atoms with E-state index in [1.165, 1.54) is 0 Å². The number of amides is 1. The molecule has 0 aromatic heterocycles. The first-order valence-corrected chi connectivity index (χ1v) is 9.77. The van der Waals surface area contributed by atoms with Crippen molar-refractivity contribution in [1.29, 1.82) is 0 Å². The van der Waals surface area contributed by atoms with E-state index in [0.29, 0.717) is 24.7 Å². The standard InChI is InChI=1S/C25H26N2O3/c1-19(2)17-29-22-14-12-21(13-15-22)27-25(28)16-26-23-10-6-7-11-24(23)30-18-20-8-4-3-5-9-20/h3-15,26H,1,16-18H2,2H3,(H,27,28). The van der Waals surface area contributed by atoms with E-state index in [-0.39, 0.29) is 12.5 Å². The molecule has 0 fully saturated rings. The molecule has 5 nitrogen and oxygen atoms in total. The van der Waals surface area contributed by atoms with Gasteiger partial charge in [-0.1, -0.05) is 49.0 Å². The summed E-state index contributed by atoms with van der Waals surface area (Å²) in [6, 6.07) is 24.8. The van der Waals surface area contributed by atoms with Gasteiger partial charge in [0.25, 0.3) is 0 Å². The van der Waals surface area contributed by atoms with Crippen LogP contribution in [-0.2, 0) is 11.4 Å². The van der Waals surface area contributed by atoms with Gasteiger partial charge in [-0.15, -0.1) is 0 Å². The molecule has 3 rings (SSSR count). The largest absolute Gasteiger partial charge is 0.489 e. The van der Waals surface area contributed by atoms with Gasteiger partial charge < -0.3 is 20.1 Å². The number of anilines is 2. The van der Waals surface area contributed by atoms with Crippen molar-refractivity contribution in [2.45, 2.75) is 13.5 Å². The molecule has 0 heterocycles. The van der Waals surface area contributed by atoms with Gasteiger partial charge in [0.15, 0.2) is 0 Å². The average Bonchev–Trinajstić information content (AvgIpc) is 2.77. The molecule has 1 amide bonds. The molecule has 0 bridgehead atoms. The molecule has 0 atom stereocenters. The van der Waals surface area contributed by atoms with Gasteiger partial charge in [0.1, 0.15) is 24.7 Å². The Kier molecular flexibility index (Phi) is 7.50.